The highest BCUT2D eigenvalue weighted by molar-refractivity contribution is 5.70. The van der Waals surface area contributed by atoms with Crippen LogP contribution in [0.3, 0.4) is 0 Å². The number of aromatic nitrogens is 1. The van der Waals surface area contributed by atoms with Crippen molar-refractivity contribution >= 4 is 17.5 Å². The summed E-state index contributed by atoms with van der Waals surface area (Å²) < 4.78 is 10.1. The quantitative estimate of drug-likeness (QED) is 0.752. The summed E-state index contributed by atoms with van der Waals surface area (Å²) in [6.45, 7) is 0.718. The lowest BCUT2D eigenvalue weighted by molar-refractivity contribution is -0.141. The Morgan fingerprint density at radius 1 is 1.22 bits per heavy atom. The summed E-state index contributed by atoms with van der Waals surface area (Å²) in [4.78, 5) is 16.1. The molecular formula is C20H26N4O3. The molecule has 0 fully saturated rings. The minimum atomic E-state index is -0.201. The van der Waals surface area contributed by atoms with Gasteiger partial charge in [0, 0.05) is 32.3 Å². The Morgan fingerprint density at radius 3 is 2.59 bits per heavy atom. The molecule has 2 heterocycles. The third-order valence-corrected chi connectivity index (χ3v) is 4.99. The lowest BCUT2D eigenvalue weighted by Gasteiger charge is -2.30. The van der Waals surface area contributed by atoms with Crippen LogP contribution in [0.4, 0.5) is 11.5 Å². The molecule has 7 nitrogen and oxygen atoms in total. The molecule has 1 aromatic heterocycles. The number of nitrogens with zero attached hydrogens (tertiary/aromatic N) is 3. The third kappa shape index (κ3) is 3.83. The van der Waals surface area contributed by atoms with Crippen molar-refractivity contribution in [2.45, 2.75) is 25.4 Å². The SMILES string of the molecule is CNc1nccc2c1C(CCC(=O)OC)N(C)N2Cc1ccc(OC)cc1. The number of hydrogen-bond donors (Lipinski definition) is 1. The zero-order valence-corrected chi connectivity index (χ0v) is 16.2. The molecule has 1 N–H and O–H groups in total. The van der Waals surface area contributed by atoms with Crippen molar-refractivity contribution in [2.75, 3.05) is 38.6 Å². The largest absolute Gasteiger partial charge is 0.497 e. The van der Waals surface area contributed by atoms with E-state index in [0.717, 1.165) is 29.4 Å². The van der Waals surface area contributed by atoms with Crippen molar-refractivity contribution in [1.29, 1.82) is 0 Å². The Labute approximate surface area is 159 Å². The highest BCUT2D eigenvalue weighted by Crippen LogP contribution is 2.45. The number of ether oxygens (including phenoxy) is 2. The van der Waals surface area contributed by atoms with Gasteiger partial charge in [-0.1, -0.05) is 12.1 Å². The van der Waals surface area contributed by atoms with Crippen molar-refractivity contribution in [1.82, 2.24) is 9.99 Å². The van der Waals surface area contributed by atoms with Gasteiger partial charge in [-0.05, 0) is 30.2 Å². The maximum absolute atomic E-state index is 11.7. The van der Waals surface area contributed by atoms with Gasteiger partial charge in [-0.3, -0.25) is 4.79 Å². The van der Waals surface area contributed by atoms with Gasteiger partial charge in [0.2, 0.25) is 0 Å². The van der Waals surface area contributed by atoms with E-state index in [4.69, 9.17) is 9.47 Å². The molecule has 1 aliphatic rings. The number of anilines is 2. The summed E-state index contributed by atoms with van der Waals surface area (Å²) in [6.07, 6.45) is 2.83. The fourth-order valence-corrected chi connectivity index (χ4v) is 3.53. The van der Waals surface area contributed by atoms with E-state index in [2.05, 4.69) is 32.5 Å². The summed E-state index contributed by atoms with van der Waals surface area (Å²) in [6, 6.07) is 10.1. The van der Waals surface area contributed by atoms with Crippen molar-refractivity contribution in [2.24, 2.45) is 0 Å². The van der Waals surface area contributed by atoms with Crippen molar-refractivity contribution in [3.05, 3.63) is 47.7 Å². The van der Waals surface area contributed by atoms with Crippen LogP contribution >= 0.6 is 0 Å². The molecule has 0 bridgehead atoms. The smallest absolute Gasteiger partial charge is 0.305 e. The van der Waals surface area contributed by atoms with E-state index in [1.807, 2.05) is 38.5 Å². The Morgan fingerprint density at radius 2 is 1.96 bits per heavy atom. The highest BCUT2D eigenvalue weighted by Gasteiger charge is 2.36. The number of carbonyl (C=O) groups excluding carboxylic acids is 1. The first-order valence-corrected chi connectivity index (χ1v) is 8.95. The van der Waals surface area contributed by atoms with E-state index in [1.165, 1.54) is 12.7 Å². The molecule has 27 heavy (non-hydrogen) atoms. The normalized spacial score (nSPS) is 16.1. The second-order valence-electron chi connectivity index (χ2n) is 6.45. The fourth-order valence-electron chi connectivity index (χ4n) is 3.53. The number of carbonyl (C=O) groups is 1. The molecule has 0 radical (unpaired) electrons. The average Bonchev–Trinajstić information content (AvgIpc) is 2.98. The molecule has 7 heteroatoms. The van der Waals surface area contributed by atoms with Crippen LogP contribution < -0.4 is 15.1 Å². The molecule has 1 unspecified atom stereocenters. The summed E-state index contributed by atoms with van der Waals surface area (Å²) in [5.74, 6) is 1.48. The number of fused-ring (bicyclic) bond motifs is 1. The number of hydrogen-bond acceptors (Lipinski definition) is 7. The van der Waals surface area contributed by atoms with E-state index >= 15 is 0 Å². The Balaban J connectivity index is 1.89. The van der Waals surface area contributed by atoms with Crippen LogP contribution in [0.15, 0.2) is 36.5 Å². The van der Waals surface area contributed by atoms with Crippen molar-refractivity contribution < 1.29 is 14.3 Å². The molecule has 1 aliphatic heterocycles. The number of methoxy groups -OCH3 is 2. The maximum atomic E-state index is 11.7. The second kappa shape index (κ2) is 8.26. The second-order valence-corrected chi connectivity index (χ2v) is 6.45. The maximum Gasteiger partial charge on any atom is 0.305 e. The summed E-state index contributed by atoms with van der Waals surface area (Å²) >= 11 is 0. The number of rotatable bonds is 7. The molecule has 0 amide bonds. The zero-order valence-electron chi connectivity index (χ0n) is 16.2. The topological polar surface area (TPSA) is 66.9 Å². The number of benzene rings is 1. The summed E-state index contributed by atoms with van der Waals surface area (Å²) in [7, 11) is 7.00. The number of hydrazine groups is 1. The third-order valence-electron chi connectivity index (χ3n) is 4.99. The first kappa shape index (κ1) is 19.0. The van der Waals surface area contributed by atoms with Gasteiger partial charge < -0.3 is 19.8 Å². The molecule has 0 saturated heterocycles. The summed E-state index contributed by atoms with van der Waals surface area (Å²) in [5.41, 5.74) is 3.38. The van der Waals surface area contributed by atoms with Crippen LogP contribution in [0.25, 0.3) is 0 Å². The predicted octanol–water partition coefficient (Wildman–Crippen LogP) is 2.99. The van der Waals surface area contributed by atoms with Gasteiger partial charge in [0.15, 0.2) is 0 Å². The Hall–Kier alpha value is -2.80. The molecule has 2 aromatic rings. The molecule has 144 valence electrons. The summed E-state index contributed by atoms with van der Waals surface area (Å²) in [5, 5.41) is 7.59. The monoisotopic (exact) mass is 370 g/mol. The molecule has 0 aliphatic carbocycles. The molecule has 0 spiro atoms. The van der Waals surface area contributed by atoms with E-state index in [1.54, 1.807) is 7.11 Å². The average molecular weight is 370 g/mol. The van der Waals surface area contributed by atoms with Crippen LogP contribution in [0, 0.1) is 0 Å². The van der Waals surface area contributed by atoms with Gasteiger partial charge >= 0.3 is 5.97 Å². The van der Waals surface area contributed by atoms with Gasteiger partial charge in [0.1, 0.15) is 11.6 Å². The predicted molar refractivity (Wildman–Crippen MR) is 105 cm³/mol. The van der Waals surface area contributed by atoms with Crippen LogP contribution in [0.2, 0.25) is 0 Å². The Kier molecular flexibility index (Phi) is 5.81. The van der Waals surface area contributed by atoms with Crippen LogP contribution in [0.1, 0.15) is 30.0 Å². The fraction of sp³-hybridized carbons (Fsp3) is 0.400. The minimum Gasteiger partial charge on any atom is -0.497 e. The Bertz CT molecular complexity index is 794. The van der Waals surface area contributed by atoms with Crippen LogP contribution in [-0.2, 0) is 16.1 Å². The van der Waals surface area contributed by atoms with Gasteiger partial charge in [-0.2, -0.15) is 0 Å². The van der Waals surface area contributed by atoms with E-state index < -0.39 is 0 Å². The minimum absolute atomic E-state index is 0.0495. The molecule has 3 rings (SSSR count). The standard InChI is InChI=1S/C20H26N4O3/c1-21-20-19-16(9-10-18(25)27-4)23(2)24(17(19)11-12-22-20)13-14-5-7-15(26-3)8-6-14/h5-8,11-12,16H,9-10,13H2,1-4H3,(H,21,22). The van der Waals surface area contributed by atoms with Gasteiger partial charge in [0.25, 0.3) is 0 Å². The van der Waals surface area contributed by atoms with Gasteiger partial charge in [-0.15, -0.1) is 0 Å². The van der Waals surface area contributed by atoms with Crippen molar-refractivity contribution in [3.63, 3.8) is 0 Å². The van der Waals surface area contributed by atoms with Crippen molar-refractivity contribution in [3.8, 4) is 5.75 Å². The first-order valence-electron chi connectivity index (χ1n) is 8.95. The lowest BCUT2D eigenvalue weighted by atomic mass is 10.0. The molecular weight excluding hydrogens is 344 g/mol. The van der Waals surface area contributed by atoms with Gasteiger partial charge in [0.05, 0.1) is 32.5 Å². The first-order chi connectivity index (χ1) is 13.1. The van der Waals surface area contributed by atoms with Crippen LogP contribution in [0.5, 0.6) is 5.75 Å². The van der Waals surface area contributed by atoms with E-state index in [0.29, 0.717) is 12.8 Å². The molecule has 1 atom stereocenters. The molecule has 1 aromatic carbocycles. The van der Waals surface area contributed by atoms with Gasteiger partial charge in [-0.25, -0.2) is 9.99 Å². The highest BCUT2D eigenvalue weighted by atomic mass is 16.5. The van der Waals surface area contributed by atoms with E-state index in [9.17, 15) is 4.79 Å². The lowest BCUT2D eigenvalue weighted by Crippen LogP contribution is -2.36. The number of pyridine rings is 1. The zero-order chi connectivity index (χ0) is 19.4. The number of nitrogens with one attached hydrogen (secondary N) is 1. The molecule has 0 saturated carbocycles. The number of esters is 1. The van der Waals surface area contributed by atoms with Crippen LogP contribution in [-0.4, -0.2) is 44.3 Å². The van der Waals surface area contributed by atoms with E-state index in [-0.39, 0.29) is 12.0 Å².